The average Bonchev–Trinajstić information content (AvgIpc) is 2.63. The predicted molar refractivity (Wildman–Crippen MR) is 103 cm³/mol. The van der Waals surface area contributed by atoms with Crippen molar-refractivity contribution in [3.63, 3.8) is 0 Å². The summed E-state index contributed by atoms with van der Waals surface area (Å²) >= 11 is 5.17. The Labute approximate surface area is 156 Å². The van der Waals surface area contributed by atoms with Crippen LogP contribution < -0.4 is 16.0 Å². The molecule has 0 fully saturated rings. The van der Waals surface area contributed by atoms with Gasteiger partial charge in [0, 0.05) is 17.1 Å². The molecular weight excluding hydrogens is 350 g/mol. The average molecular weight is 369 g/mol. The quantitative estimate of drug-likeness (QED) is 0.672. The lowest BCUT2D eigenvalue weighted by molar-refractivity contribution is 0.282. The molecule has 0 saturated carbocycles. The number of aryl methyl sites for hydroxylation is 1. The van der Waals surface area contributed by atoms with Crippen molar-refractivity contribution in [1.82, 2.24) is 4.98 Å². The number of rotatable bonds is 5. The third-order valence-electron chi connectivity index (χ3n) is 3.87. The number of pyridine rings is 1. The van der Waals surface area contributed by atoms with Gasteiger partial charge < -0.3 is 20.0 Å². The summed E-state index contributed by atoms with van der Waals surface area (Å²) in [6.07, 6.45) is 1.61. The van der Waals surface area contributed by atoms with Gasteiger partial charge in [0.25, 0.3) is 0 Å². The maximum Gasteiger partial charge on any atom is 0.230 e. The van der Waals surface area contributed by atoms with Crippen LogP contribution in [0.4, 0.5) is 5.69 Å². The molecule has 0 aliphatic carbocycles. The number of para-hydroxylation sites is 2. The van der Waals surface area contributed by atoms with Gasteiger partial charge in [-0.1, -0.05) is 24.4 Å². The Bertz CT molecular complexity index is 1040. The lowest BCUT2D eigenvalue weighted by atomic mass is 10.1. The van der Waals surface area contributed by atoms with Gasteiger partial charge in [-0.25, -0.2) is 4.99 Å². The minimum absolute atomic E-state index is 0.154. The van der Waals surface area contributed by atoms with Gasteiger partial charge in [-0.2, -0.15) is 0 Å². The van der Waals surface area contributed by atoms with E-state index in [0.29, 0.717) is 45.8 Å². The van der Waals surface area contributed by atoms with Crippen LogP contribution in [0, 0.1) is 6.92 Å². The smallest absolute Gasteiger partial charge is 0.230 e. The number of benzene rings is 1. The van der Waals surface area contributed by atoms with Crippen LogP contribution in [0.25, 0.3) is 11.0 Å². The molecule has 1 aromatic carbocycles. The largest absolute Gasteiger partial charge is 0.492 e. The van der Waals surface area contributed by atoms with Gasteiger partial charge in [0.2, 0.25) is 5.55 Å². The molecule has 3 N–H and O–H groups in total. The molecule has 0 spiro atoms. The molecule has 3 rings (SSSR count). The van der Waals surface area contributed by atoms with E-state index in [1.54, 1.807) is 12.3 Å². The van der Waals surface area contributed by atoms with Gasteiger partial charge in [0.1, 0.15) is 16.4 Å². The third kappa shape index (κ3) is 3.44. The topological polar surface area (TPSA) is 93.9 Å². The van der Waals surface area contributed by atoms with E-state index in [1.165, 1.54) is 0 Å². The summed E-state index contributed by atoms with van der Waals surface area (Å²) in [5, 5.41) is 10.3. The predicted octanol–water partition coefficient (Wildman–Crippen LogP) is 2.89. The summed E-state index contributed by atoms with van der Waals surface area (Å²) in [6.45, 7) is 4.08. The van der Waals surface area contributed by atoms with Crippen LogP contribution in [-0.2, 0) is 6.61 Å². The zero-order chi connectivity index (χ0) is 18.7. The first kappa shape index (κ1) is 18.0. The van der Waals surface area contributed by atoms with Crippen molar-refractivity contribution in [3.8, 4) is 5.75 Å². The number of aliphatic hydroxyl groups is 1. The number of ether oxygens (including phenoxy) is 1. The molecule has 0 unspecified atom stereocenters. The van der Waals surface area contributed by atoms with Crippen LogP contribution in [0.1, 0.15) is 23.7 Å². The van der Waals surface area contributed by atoms with E-state index in [0.717, 1.165) is 0 Å². The fourth-order valence-electron chi connectivity index (χ4n) is 2.61. The van der Waals surface area contributed by atoms with Gasteiger partial charge in [0.05, 0.1) is 24.5 Å². The number of nitrogens with two attached hydrogens (primary N) is 1. The van der Waals surface area contributed by atoms with Gasteiger partial charge in [-0.15, -0.1) is 0 Å². The van der Waals surface area contributed by atoms with E-state index in [4.69, 9.17) is 27.1 Å². The van der Waals surface area contributed by atoms with E-state index >= 15 is 0 Å². The van der Waals surface area contributed by atoms with Crippen molar-refractivity contribution in [2.75, 3.05) is 6.61 Å². The molecule has 0 atom stereocenters. The van der Waals surface area contributed by atoms with Crippen molar-refractivity contribution in [3.05, 3.63) is 58.9 Å². The second-order valence-corrected chi connectivity index (χ2v) is 6.05. The lowest BCUT2D eigenvalue weighted by Gasteiger charge is -2.09. The number of aliphatic hydroxyl groups excluding tert-OH is 1. The summed E-state index contributed by atoms with van der Waals surface area (Å²) in [5.74, 6) is 0.637. The fraction of sp³-hybridized carbons (Fsp3) is 0.211. The van der Waals surface area contributed by atoms with Crippen molar-refractivity contribution in [1.29, 1.82) is 0 Å². The Hall–Kier alpha value is -2.77. The Balaban J connectivity index is 2.34. The highest BCUT2D eigenvalue weighted by atomic mass is 32.1. The molecular formula is C19H19N3O3S. The Morgan fingerprint density at radius 3 is 2.85 bits per heavy atom. The molecule has 0 aliphatic heterocycles. The number of nitrogens with zero attached hydrogens (tertiary/aromatic N) is 2. The highest BCUT2D eigenvalue weighted by Crippen LogP contribution is 2.27. The molecule has 0 saturated heterocycles. The van der Waals surface area contributed by atoms with Gasteiger partial charge in [0.15, 0.2) is 5.58 Å². The Morgan fingerprint density at radius 1 is 1.38 bits per heavy atom. The fourth-order valence-corrected chi connectivity index (χ4v) is 2.76. The van der Waals surface area contributed by atoms with Gasteiger partial charge in [-0.05, 0) is 32.0 Å². The normalized spacial score (nSPS) is 11.7. The number of aromatic nitrogens is 1. The van der Waals surface area contributed by atoms with Crippen molar-refractivity contribution < 1.29 is 14.3 Å². The zero-order valence-corrected chi connectivity index (χ0v) is 15.3. The van der Waals surface area contributed by atoms with Crippen LogP contribution >= 0.6 is 12.2 Å². The van der Waals surface area contributed by atoms with E-state index < -0.39 is 0 Å². The molecule has 26 heavy (non-hydrogen) atoms. The summed E-state index contributed by atoms with van der Waals surface area (Å²) in [6, 6.07) is 9.17. The molecule has 7 heteroatoms. The third-order valence-corrected chi connectivity index (χ3v) is 4.09. The standard InChI is InChI=1S/C19H19N3O3S/c1-3-24-16-7-5-4-6-15(16)22-19-14(18(20)26)8-13-12(10-23)9-21-11(2)17(13)25-19/h4-9,23H,3,10H2,1-2H3,(H2,20,26). The summed E-state index contributed by atoms with van der Waals surface area (Å²) in [5.41, 5.74) is 9.10. The molecule has 0 amide bonds. The van der Waals surface area contributed by atoms with Crippen LogP contribution in [0.15, 0.2) is 45.9 Å². The molecule has 2 aromatic heterocycles. The zero-order valence-electron chi connectivity index (χ0n) is 14.5. The maximum atomic E-state index is 9.57. The van der Waals surface area contributed by atoms with Crippen molar-refractivity contribution in [2.45, 2.75) is 20.5 Å². The maximum absolute atomic E-state index is 9.57. The molecule has 0 bridgehead atoms. The SMILES string of the molecule is CCOc1ccccc1N=c1oc2c(C)ncc(CO)c2cc1C(N)=S. The van der Waals surface area contributed by atoms with Crippen LogP contribution in [0.3, 0.4) is 0 Å². The van der Waals surface area contributed by atoms with Crippen LogP contribution in [-0.4, -0.2) is 21.7 Å². The second kappa shape index (κ2) is 7.63. The van der Waals surface area contributed by atoms with E-state index in [2.05, 4.69) is 9.98 Å². The first-order valence-electron chi connectivity index (χ1n) is 8.14. The molecule has 3 aromatic rings. The van der Waals surface area contributed by atoms with Crippen LogP contribution in [0.2, 0.25) is 0 Å². The monoisotopic (exact) mass is 369 g/mol. The summed E-state index contributed by atoms with van der Waals surface area (Å²) in [4.78, 5) is 9.00. The van der Waals surface area contributed by atoms with E-state index in [9.17, 15) is 5.11 Å². The number of fused-ring (bicyclic) bond motifs is 1. The minimum atomic E-state index is -0.167. The molecule has 0 radical (unpaired) electrons. The summed E-state index contributed by atoms with van der Waals surface area (Å²) < 4.78 is 11.6. The molecule has 0 aliphatic rings. The molecule has 2 heterocycles. The number of hydrogen-bond donors (Lipinski definition) is 2. The van der Waals surface area contributed by atoms with Crippen molar-refractivity contribution >= 4 is 33.9 Å². The lowest BCUT2D eigenvalue weighted by Crippen LogP contribution is -2.21. The van der Waals surface area contributed by atoms with Gasteiger partial charge >= 0.3 is 0 Å². The highest BCUT2D eigenvalue weighted by Gasteiger charge is 2.13. The molecule has 134 valence electrons. The minimum Gasteiger partial charge on any atom is -0.492 e. The Kier molecular flexibility index (Phi) is 5.29. The number of hydrogen-bond acceptors (Lipinski definition) is 6. The molecule has 6 nitrogen and oxygen atoms in total. The Morgan fingerprint density at radius 2 is 2.15 bits per heavy atom. The number of thiocarbonyl (C=S) groups is 1. The first-order chi connectivity index (χ1) is 12.5. The van der Waals surface area contributed by atoms with Crippen LogP contribution in [0.5, 0.6) is 5.75 Å². The van der Waals surface area contributed by atoms with Crippen molar-refractivity contribution in [2.24, 2.45) is 10.7 Å². The summed E-state index contributed by atoms with van der Waals surface area (Å²) in [7, 11) is 0. The second-order valence-electron chi connectivity index (χ2n) is 5.61. The van der Waals surface area contributed by atoms with E-state index in [-0.39, 0.29) is 17.1 Å². The van der Waals surface area contributed by atoms with Gasteiger partial charge in [-0.3, -0.25) is 4.98 Å². The first-order valence-corrected chi connectivity index (χ1v) is 8.55. The highest BCUT2D eigenvalue weighted by molar-refractivity contribution is 7.80. The van der Waals surface area contributed by atoms with E-state index in [1.807, 2.05) is 38.1 Å².